The molecule has 0 saturated carbocycles. The second kappa shape index (κ2) is 5.94. The molecule has 0 aliphatic heterocycles. The van der Waals surface area contributed by atoms with Crippen molar-refractivity contribution in [3.05, 3.63) is 47.8 Å². The number of aryl methyl sites for hydroxylation is 2. The first-order valence-corrected chi connectivity index (χ1v) is 6.53. The summed E-state index contributed by atoms with van der Waals surface area (Å²) in [5, 5.41) is 4.24. The number of benzene rings is 1. The topological polar surface area (TPSA) is 30.7 Å². The molecule has 20 heavy (non-hydrogen) atoms. The Labute approximate surface area is 117 Å². The van der Waals surface area contributed by atoms with E-state index in [-0.39, 0.29) is 5.56 Å². The third-order valence-corrected chi connectivity index (χ3v) is 3.18. The van der Waals surface area contributed by atoms with Crippen molar-refractivity contribution in [1.82, 2.24) is 14.8 Å². The van der Waals surface area contributed by atoms with E-state index in [9.17, 15) is 8.78 Å². The van der Waals surface area contributed by atoms with Crippen LogP contribution in [-0.2, 0) is 13.5 Å². The summed E-state index contributed by atoms with van der Waals surface area (Å²) >= 11 is 0. The Morgan fingerprint density at radius 3 is 2.80 bits per heavy atom. The van der Waals surface area contributed by atoms with Crippen LogP contribution in [0.3, 0.4) is 0 Å². The fourth-order valence-electron chi connectivity index (χ4n) is 1.91. The smallest absolute Gasteiger partial charge is 0.161 e. The van der Waals surface area contributed by atoms with Crippen molar-refractivity contribution in [2.24, 2.45) is 7.05 Å². The Hall–Kier alpha value is -2.04. The van der Waals surface area contributed by atoms with Gasteiger partial charge in [0.15, 0.2) is 11.6 Å². The summed E-state index contributed by atoms with van der Waals surface area (Å²) in [6.07, 6.45) is 2.36. The zero-order chi connectivity index (χ0) is 14.7. The van der Waals surface area contributed by atoms with Gasteiger partial charge in [0.25, 0.3) is 0 Å². The summed E-state index contributed by atoms with van der Waals surface area (Å²) in [6, 6.07) is 3.31. The lowest BCUT2D eigenvalue weighted by atomic mass is 10.1. The first-order valence-electron chi connectivity index (χ1n) is 6.53. The van der Waals surface area contributed by atoms with E-state index in [4.69, 9.17) is 0 Å². The van der Waals surface area contributed by atoms with E-state index in [1.165, 1.54) is 4.68 Å². The van der Waals surface area contributed by atoms with E-state index in [0.29, 0.717) is 18.1 Å². The molecule has 1 aromatic heterocycles. The first-order chi connectivity index (χ1) is 9.51. The molecule has 2 aromatic rings. The standard InChI is InChI=1S/C15H17F2N3/c1-4-10(2)5-8-14-18-15(20(3)19-14)12-9-11(16)6-7-13(12)17/h6-7,9H,2,4-5,8H2,1,3H3. The molecule has 0 atom stereocenters. The predicted molar refractivity (Wildman–Crippen MR) is 74.1 cm³/mol. The molecule has 1 aromatic carbocycles. The van der Waals surface area contributed by atoms with Crippen molar-refractivity contribution in [3.8, 4) is 11.4 Å². The van der Waals surface area contributed by atoms with Crippen molar-refractivity contribution >= 4 is 0 Å². The van der Waals surface area contributed by atoms with E-state index in [2.05, 4.69) is 16.7 Å². The van der Waals surface area contributed by atoms with Gasteiger partial charge in [-0.15, -0.1) is 0 Å². The van der Waals surface area contributed by atoms with E-state index in [0.717, 1.165) is 36.6 Å². The van der Waals surface area contributed by atoms with Crippen molar-refractivity contribution in [1.29, 1.82) is 0 Å². The van der Waals surface area contributed by atoms with Gasteiger partial charge in [0.2, 0.25) is 0 Å². The summed E-state index contributed by atoms with van der Waals surface area (Å²) in [4.78, 5) is 4.29. The molecule has 1 heterocycles. The Morgan fingerprint density at radius 2 is 2.10 bits per heavy atom. The van der Waals surface area contributed by atoms with E-state index in [1.807, 2.05) is 6.92 Å². The van der Waals surface area contributed by atoms with Crippen LogP contribution in [0.25, 0.3) is 11.4 Å². The monoisotopic (exact) mass is 277 g/mol. The molecule has 0 N–H and O–H groups in total. The average Bonchev–Trinajstić information content (AvgIpc) is 2.80. The molecule has 0 unspecified atom stereocenters. The number of allylic oxidation sites excluding steroid dienone is 1. The summed E-state index contributed by atoms with van der Waals surface area (Å²) in [5.41, 5.74) is 1.25. The van der Waals surface area contributed by atoms with Gasteiger partial charge in [0, 0.05) is 13.5 Å². The van der Waals surface area contributed by atoms with Crippen LogP contribution in [0.5, 0.6) is 0 Å². The molecule has 2 rings (SSSR count). The molecule has 0 bridgehead atoms. The average molecular weight is 277 g/mol. The summed E-state index contributed by atoms with van der Waals surface area (Å²) in [5.74, 6) is -0.0587. The van der Waals surface area contributed by atoms with Gasteiger partial charge in [-0.25, -0.2) is 18.4 Å². The molecular formula is C15H17F2N3. The van der Waals surface area contributed by atoms with Gasteiger partial charge in [0.05, 0.1) is 5.56 Å². The van der Waals surface area contributed by atoms with Crippen molar-refractivity contribution in [3.63, 3.8) is 0 Å². The van der Waals surface area contributed by atoms with Crippen molar-refractivity contribution in [2.45, 2.75) is 26.2 Å². The third-order valence-electron chi connectivity index (χ3n) is 3.18. The number of halogens is 2. The molecule has 3 nitrogen and oxygen atoms in total. The van der Waals surface area contributed by atoms with Gasteiger partial charge in [0.1, 0.15) is 11.6 Å². The van der Waals surface area contributed by atoms with Gasteiger partial charge >= 0.3 is 0 Å². The number of nitrogens with zero attached hydrogens (tertiary/aromatic N) is 3. The number of aromatic nitrogens is 3. The minimum absolute atomic E-state index is 0.126. The maximum atomic E-state index is 13.8. The fraction of sp³-hybridized carbons (Fsp3) is 0.333. The van der Waals surface area contributed by atoms with Gasteiger partial charge in [-0.2, -0.15) is 5.10 Å². The van der Waals surface area contributed by atoms with E-state index >= 15 is 0 Å². The Bertz CT molecular complexity index is 632. The lowest BCUT2D eigenvalue weighted by Crippen LogP contribution is -1.97. The number of rotatable bonds is 5. The van der Waals surface area contributed by atoms with Crippen LogP contribution < -0.4 is 0 Å². The molecular weight excluding hydrogens is 260 g/mol. The van der Waals surface area contributed by atoms with Crippen LogP contribution in [0.15, 0.2) is 30.4 Å². The number of hydrogen-bond donors (Lipinski definition) is 0. The lowest BCUT2D eigenvalue weighted by Gasteiger charge is -2.01. The largest absolute Gasteiger partial charge is 0.249 e. The molecule has 0 aliphatic carbocycles. The fourth-order valence-corrected chi connectivity index (χ4v) is 1.91. The van der Waals surface area contributed by atoms with E-state index < -0.39 is 11.6 Å². The molecule has 0 saturated heterocycles. The van der Waals surface area contributed by atoms with Crippen molar-refractivity contribution in [2.75, 3.05) is 0 Å². The SMILES string of the molecule is C=C(CC)CCc1nc(-c2cc(F)ccc2F)n(C)n1. The normalized spacial score (nSPS) is 10.8. The maximum Gasteiger partial charge on any atom is 0.161 e. The highest BCUT2D eigenvalue weighted by Gasteiger charge is 2.14. The maximum absolute atomic E-state index is 13.8. The third kappa shape index (κ3) is 3.10. The van der Waals surface area contributed by atoms with Gasteiger partial charge < -0.3 is 0 Å². The molecule has 0 fully saturated rings. The number of hydrogen-bond acceptors (Lipinski definition) is 2. The van der Waals surface area contributed by atoms with Gasteiger partial charge in [-0.3, -0.25) is 0 Å². The van der Waals surface area contributed by atoms with Crippen LogP contribution in [0.1, 0.15) is 25.6 Å². The lowest BCUT2D eigenvalue weighted by molar-refractivity contribution is 0.600. The Balaban J connectivity index is 2.27. The highest BCUT2D eigenvalue weighted by Crippen LogP contribution is 2.22. The van der Waals surface area contributed by atoms with Gasteiger partial charge in [-0.1, -0.05) is 19.1 Å². The van der Waals surface area contributed by atoms with Gasteiger partial charge in [-0.05, 0) is 31.0 Å². The molecule has 0 amide bonds. The minimum Gasteiger partial charge on any atom is -0.249 e. The molecule has 5 heteroatoms. The van der Waals surface area contributed by atoms with Crippen LogP contribution >= 0.6 is 0 Å². The van der Waals surface area contributed by atoms with E-state index in [1.54, 1.807) is 7.05 Å². The highest BCUT2D eigenvalue weighted by molar-refractivity contribution is 5.56. The first kappa shape index (κ1) is 14.4. The molecule has 0 aliphatic rings. The van der Waals surface area contributed by atoms with Crippen LogP contribution in [0.4, 0.5) is 8.78 Å². The zero-order valence-electron chi connectivity index (χ0n) is 11.7. The summed E-state index contributed by atoms with van der Waals surface area (Å²) < 4.78 is 28.5. The van der Waals surface area contributed by atoms with Crippen LogP contribution in [0.2, 0.25) is 0 Å². The Morgan fingerprint density at radius 1 is 1.35 bits per heavy atom. The second-order valence-electron chi connectivity index (χ2n) is 4.70. The Kier molecular flexibility index (Phi) is 4.27. The van der Waals surface area contributed by atoms with Crippen molar-refractivity contribution < 1.29 is 8.78 Å². The molecule has 0 radical (unpaired) electrons. The second-order valence-corrected chi connectivity index (χ2v) is 4.70. The molecule has 0 spiro atoms. The quantitative estimate of drug-likeness (QED) is 0.781. The van der Waals surface area contributed by atoms with Crippen LogP contribution in [0, 0.1) is 11.6 Å². The predicted octanol–water partition coefficient (Wildman–Crippen LogP) is 3.66. The summed E-state index contributed by atoms with van der Waals surface area (Å²) in [7, 11) is 1.67. The highest BCUT2D eigenvalue weighted by atomic mass is 19.1. The van der Waals surface area contributed by atoms with Crippen LogP contribution in [-0.4, -0.2) is 14.8 Å². The molecule has 106 valence electrons. The minimum atomic E-state index is -0.508. The summed E-state index contributed by atoms with van der Waals surface area (Å²) in [6.45, 7) is 5.97. The zero-order valence-corrected chi connectivity index (χ0v) is 11.7.